The maximum atomic E-state index is 13.6. The normalized spacial score (nSPS) is 13.3. The van der Waals surface area contributed by atoms with E-state index in [9.17, 15) is 29.5 Å². The quantitative estimate of drug-likeness (QED) is 0.119. The second-order valence-electron chi connectivity index (χ2n) is 12.2. The third kappa shape index (κ3) is 8.89. The second kappa shape index (κ2) is 14.7. The Hall–Kier alpha value is -5.29. The Balaban J connectivity index is 1.58. The van der Waals surface area contributed by atoms with Crippen molar-refractivity contribution in [1.82, 2.24) is 16.0 Å². The van der Waals surface area contributed by atoms with E-state index >= 15 is 0 Å². The van der Waals surface area contributed by atoms with Gasteiger partial charge in [-0.15, -0.1) is 0 Å². The third-order valence-corrected chi connectivity index (χ3v) is 7.33. The molecule has 0 bridgehead atoms. The zero-order valence-electron chi connectivity index (χ0n) is 26.0. The average Bonchev–Trinajstić information content (AvgIpc) is 3.00. The molecule has 1 heterocycles. The molecule has 46 heavy (non-hydrogen) atoms. The summed E-state index contributed by atoms with van der Waals surface area (Å²) in [6, 6.07) is 23.4. The van der Waals surface area contributed by atoms with Crippen molar-refractivity contribution in [2.24, 2.45) is 5.73 Å². The molecule has 4 rings (SSSR count). The number of nitrogens with one attached hydrogen (secondary N) is 3. The molecule has 11 heteroatoms. The smallest absolute Gasteiger partial charge is 0.318 e. The van der Waals surface area contributed by atoms with Crippen molar-refractivity contribution in [3.8, 4) is 0 Å². The first kappa shape index (κ1) is 33.6. The van der Waals surface area contributed by atoms with Crippen LogP contribution in [-0.2, 0) is 22.4 Å². The summed E-state index contributed by atoms with van der Waals surface area (Å²) in [5.41, 5.74) is 6.71. The second-order valence-corrected chi connectivity index (χ2v) is 12.2. The molecule has 3 atom stereocenters. The molecule has 0 saturated carbocycles. The lowest BCUT2D eigenvalue weighted by Crippen LogP contribution is -2.55. The Kier molecular flexibility index (Phi) is 10.7. The molecular formula is C35H39N5O6. The van der Waals surface area contributed by atoms with Crippen molar-refractivity contribution in [3.05, 3.63) is 119 Å². The molecule has 0 radical (unpaired) electrons. The summed E-state index contributed by atoms with van der Waals surface area (Å²) in [6.45, 7) is 5.60. The number of aliphatic hydroxyl groups is 1. The van der Waals surface area contributed by atoms with E-state index in [1.54, 1.807) is 54.6 Å². The predicted molar refractivity (Wildman–Crippen MR) is 173 cm³/mol. The number of nitrogens with two attached hydrogens (primary N) is 1. The molecule has 0 fully saturated rings. The molecule has 0 saturated heterocycles. The number of aliphatic hydroxyl groups excluding tert-OH is 1. The lowest BCUT2D eigenvalue weighted by Gasteiger charge is -2.28. The number of benzene rings is 3. The summed E-state index contributed by atoms with van der Waals surface area (Å²) in [7, 11) is 0. The van der Waals surface area contributed by atoms with E-state index in [4.69, 9.17) is 5.73 Å². The van der Waals surface area contributed by atoms with Crippen molar-refractivity contribution in [1.29, 1.82) is 0 Å². The van der Waals surface area contributed by atoms with E-state index < -0.39 is 47.9 Å². The van der Waals surface area contributed by atoms with Gasteiger partial charge in [-0.25, -0.2) is 0 Å². The van der Waals surface area contributed by atoms with Gasteiger partial charge in [0.05, 0.1) is 18.6 Å². The van der Waals surface area contributed by atoms with E-state index in [0.29, 0.717) is 21.2 Å². The fourth-order valence-electron chi connectivity index (χ4n) is 5.12. The highest BCUT2D eigenvalue weighted by atomic mass is 16.5. The molecule has 0 aliphatic rings. The first-order valence-corrected chi connectivity index (χ1v) is 15.0. The van der Waals surface area contributed by atoms with Crippen LogP contribution >= 0.6 is 0 Å². The number of rotatable bonds is 12. The van der Waals surface area contributed by atoms with Crippen molar-refractivity contribution in [3.63, 3.8) is 0 Å². The highest BCUT2D eigenvalue weighted by Gasteiger charge is 2.31. The minimum absolute atomic E-state index is 0.0195. The number of nitrogens with zero attached hydrogens (tertiary/aromatic N) is 1. The summed E-state index contributed by atoms with van der Waals surface area (Å²) in [5, 5.41) is 33.2. The number of primary amides is 1. The van der Waals surface area contributed by atoms with Crippen LogP contribution in [0.2, 0.25) is 0 Å². The number of aromatic nitrogens is 1. The maximum absolute atomic E-state index is 13.6. The van der Waals surface area contributed by atoms with Gasteiger partial charge in [-0.1, -0.05) is 60.7 Å². The molecule has 0 unspecified atom stereocenters. The number of fused-ring (bicyclic) bond motifs is 1. The molecule has 11 nitrogen and oxygen atoms in total. The molecule has 3 aromatic carbocycles. The zero-order chi connectivity index (χ0) is 33.4. The number of hydrogen-bond donors (Lipinski definition) is 5. The maximum Gasteiger partial charge on any atom is 0.318 e. The summed E-state index contributed by atoms with van der Waals surface area (Å²) < 4.78 is 0.457. The lowest BCUT2D eigenvalue weighted by atomic mass is 9.93. The van der Waals surface area contributed by atoms with Gasteiger partial charge in [-0.2, -0.15) is 4.73 Å². The molecular weight excluding hydrogens is 586 g/mol. The van der Waals surface area contributed by atoms with E-state index in [1.165, 1.54) is 6.07 Å². The van der Waals surface area contributed by atoms with Gasteiger partial charge in [-0.3, -0.25) is 19.2 Å². The fourth-order valence-corrected chi connectivity index (χ4v) is 5.12. The van der Waals surface area contributed by atoms with Crippen LogP contribution in [-0.4, -0.2) is 52.5 Å². The van der Waals surface area contributed by atoms with E-state index in [1.807, 2.05) is 51.1 Å². The third-order valence-electron chi connectivity index (χ3n) is 7.33. The Morgan fingerprint density at radius 1 is 0.826 bits per heavy atom. The molecule has 240 valence electrons. The predicted octanol–water partition coefficient (Wildman–Crippen LogP) is 2.31. The molecule has 0 spiro atoms. The monoisotopic (exact) mass is 625 g/mol. The van der Waals surface area contributed by atoms with E-state index in [2.05, 4.69) is 16.0 Å². The van der Waals surface area contributed by atoms with Crippen LogP contribution in [0.5, 0.6) is 0 Å². The number of pyridine rings is 1. The van der Waals surface area contributed by atoms with Crippen LogP contribution in [0, 0.1) is 5.21 Å². The fraction of sp³-hybridized carbons (Fsp3) is 0.286. The van der Waals surface area contributed by atoms with Gasteiger partial charge in [0.2, 0.25) is 17.3 Å². The van der Waals surface area contributed by atoms with Crippen LogP contribution < -0.4 is 26.4 Å². The molecule has 0 aliphatic carbocycles. The Labute approximate surface area is 267 Å². The number of carbonyl (C=O) groups is 4. The van der Waals surface area contributed by atoms with Gasteiger partial charge < -0.3 is 32.0 Å². The van der Waals surface area contributed by atoms with E-state index in [0.717, 1.165) is 5.56 Å². The standard InChI is InChI=1S/C35H39N5O6/c1-35(2,3)39-32(43)25-15-9-7-14-24(25)20-30(41)26(19-22-11-5-4-6-12-22)37-33(44)27(21-31(36)42)38-34(45)29-18-17-23-13-8-10-16-28(23)40(29)46/h4-18,26-27,30,41H,19-21H2,1-3H3,(H2,36,42)(H,37,44)(H,38,45)(H,39,43)/t26-,27-,30-/m0/s1. The SMILES string of the molecule is CC(C)(C)NC(=O)c1ccccc1C[C@H](O)[C@H](Cc1ccccc1)NC(=O)[C@H](CC(N)=O)NC(=O)c1ccc2ccccc2[n+]1[O-]. The number of para-hydroxylation sites is 1. The summed E-state index contributed by atoms with van der Waals surface area (Å²) in [4.78, 5) is 51.8. The van der Waals surface area contributed by atoms with Gasteiger partial charge in [0.1, 0.15) is 6.04 Å². The Morgan fingerprint density at radius 3 is 2.17 bits per heavy atom. The van der Waals surface area contributed by atoms with E-state index in [-0.39, 0.29) is 30.0 Å². The Bertz CT molecular complexity index is 1720. The highest BCUT2D eigenvalue weighted by molar-refractivity contribution is 5.98. The molecule has 6 N–H and O–H groups in total. The van der Waals surface area contributed by atoms with Gasteiger partial charge in [0.15, 0.2) is 0 Å². The highest BCUT2D eigenvalue weighted by Crippen LogP contribution is 2.17. The van der Waals surface area contributed by atoms with Crippen LogP contribution in [0.4, 0.5) is 0 Å². The topological polar surface area (TPSA) is 178 Å². The number of amides is 4. The first-order chi connectivity index (χ1) is 21.8. The van der Waals surface area contributed by atoms with Crippen molar-refractivity contribution >= 4 is 34.5 Å². The van der Waals surface area contributed by atoms with Gasteiger partial charge >= 0.3 is 5.91 Å². The largest absolute Gasteiger partial charge is 0.618 e. The van der Waals surface area contributed by atoms with Gasteiger partial charge in [0.25, 0.3) is 11.6 Å². The molecule has 1 aromatic heterocycles. The summed E-state index contributed by atoms with van der Waals surface area (Å²) in [6.07, 6.45) is -1.51. The zero-order valence-corrected chi connectivity index (χ0v) is 26.0. The van der Waals surface area contributed by atoms with Crippen molar-refractivity contribution in [2.45, 2.75) is 63.8 Å². The van der Waals surface area contributed by atoms with Crippen LogP contribution in [0.25, 0.3) is 10.9 Å². The minimum atomic E-state index is -1.44. The van der Waals surface area contributed by atoms with Crippen LogP contribution in [0.1, 0.15) is 59.2 Å². The van der Waals surface area contributed by atoms with Crippen molar-refractivity contribution < 1.29 is 29.0 Å². The lowest BCUT2D eigenvalue weighted by molar-refractivity contribution is -0.579. The number of hydrogen-bond acceptors (Lipinski definition) is 6. The molecule has 4 amide bonds. The summed E-state index contributed by atoms with van der Waals surface area (Å²) >= 11 is 0. The average molecular weight is 626 g/mol. The Morgan fingerprint density at radius 2 is 1.48 bits per heavy atom. The molecule has 0 aliphatic heterocycles. The minimum Gasteiger partial charge on any atom is -0.618 e. The van der Waals surface area contributed by atoms with Gasteiger partial charge in [0, 0.05) is 35.0 Å². The van der Waals surface area contributed by atoms with Crippen LogP contribution in [0.3, 0.4) is 0 Å². The van der Waals surface area contributed by atoms with Crippen molar-refractivity contribution in [2.75, 3.05) is 0 Å². The first-order valence-electron chi connectivity index (χ1n) is 15.0. The van der Waals surface area contributed by atoms with Gasteiger partial charge in [-0.05, 0) is 56.5 Å². The molecule has 4 aromatic rings. The summed E-state index contributed by atoms with van der Waals surface area (Å²) in [5.74, 6) is -2.80. The number of carbonyl (C=O) groups excluding carboxylic acids is 4. The van der Waals surface area contributed by atoms with Crippen LogP contribution in [0.15, 0.2) is 91.0 Å².